The Morgan fingerprint density at radius 1 is 1.21 bits per heavy atom. The van der Waals surface area contributed by atoms with Crippen molar-refractivity contribution in [2.75, 3.05) is 30.8 Å². The van der Waals surface area contributed by atoms with Crippen molar-refractivity contribution in [2.24, 2.45) is 0 Å². The summed E-state index contributed by atoms with van der Waals surface area (Å²) in [5.74, 6) is -1.34. The molecule has 4 aromatic rings. The van der Waals surface area contributed by atoms with Crippen LogP contribution in [0.5, 0.6) is 5.75 Å². The minimum absolute atomic E-state index is 0.0279. The number of benzene rings is 2. The monoisotopic (exact) mass is 638 g/mol. The number of carbonyl (C=O) groups excluding carboxylic acids is 1. The van der Waals surface area contributed by atoms with Gasteiger partial charge in [0.25, 0.3) is 0 Å². The SMILES string of the molecule is C=CC(=O)N1CCN(c2nc(=O)n(-c3c(C)cccc3S(C)(=O)=O)c3nc(-c4c(O)cccc4F)c(Cl)cc23)[C@@](C)([Si])C1. The summed E-state index contributed by atoms with van der Waals surface area (Å²) in [6.45, 7) is 7.73. The number of aryl methyl sites for hydroxylation is 1. The van der Waals surface area contributed by atoms with E-state index in [1.165, 1.54) is 30.3 Å². The summed E-state index contributed by atoms with van der Waals surface area (Å²) in [5, 5.41) is 9.83. The van der Waals surface area contributed by atoms with Crippen LogP contribution >= 0.6 is 11.6 Å². The summed E-state index contributed by atoms with van der Waals surface area (Å²) >= 11 is 6.67. The van der Waals surface area contributed by atoms with Crippen LogP contribution in [-0.2, 0) is 14.6 Å². The average Bonchev–Trinajstić information content (AvgIpc) is 2.92. The molecule has 10 nitrogen and oxygen atoms in total. The van der Waals surface area contributed by atoms with Crippen LogP contribution in [0.4, 0.5) is 10.2 Å². The zero-order valence-electron chi connectivity index (χ0n) is 23.4. The summed E-state index contributed by atoms with van der Waals surface area (Å²) in [4.78, 5) is 38.5. The number of phenolic OH excluding ortho intramolecular Hbond substituents is 1. The van der Waals surface area contributed by atoms with E-state index < -0.39 is 32.3 Å². The van der Waals surface area contributed by atoms with E-state index in [0.717, 1.165) is 16.9 Å². The third-order valence-corrected chi connectivity index (χ3v) is 9.13. The van der Waals surface area contributed by atoms with Gasteiger partial charge in [0, 0.05) is 31.1 Å². The lowest BCUT2D eigenvalue weighted by molar-refractivity contribution is -0.127. The van der Waals surface area contributed by atoms with Crippen molar-refractivity contribution in [1.82, 2.24) is 19.4 Å². The van der Waals surface area contributed by atoms with Gasteiger partial charge >= 0.3 is 5.69 Å². The lowest BCUT2D eigenvalue weighted by atomic mass is 10.1. The molecule has 0 saturated carbocycles. The molecule has 1 aliphatic heterocycles. The van der Waals surface area contributed by atoms with Crippen molar-refractivity contribution in [3.8, 4) is 22.7 Å². The normalized spacial score (nSPS) is 17.3. The van der Waals surface area contributed by atoms with Crippen molar-refractivity contribution in [2.45, 2.75) is 23.9 Å². The Bertz CT molecular complexity index is 1980. The molecule has 221 valence electrons. The van der Waals surface area contributed by atoms with Gasteiger partial charge in [0.15, 0.2) is 15.5 Å². The van der Waals surface area contributed by atoms with Crippen LogP contribution in [-0.4, -0.2) is 80.2 Å². The third-order valence-electron chi connectivity index (χ3n) is 7.28. The molecule has 1 N–H and O–H groups in total. The number of sulfone groups is 1. The first-order valence-corrected chi connectivity index (χ1v) is 15.8. The molecule has 14 heteroatoms. The summed E-state index contributed by atoms with van der Waals surface area (Å²) in [5.41, 5.74) is -0.904. The number of nitrogens with zero attached hydrogens (tertiary/aromatic N) is 5. The number of piperazine rings is 1. The number of phenols is 1. The lowest BCUT2D eigenvalue weighted by Crippen LogP contribution is -2.63. The molecule has 43 heavy (non-hydrogen) atoms. The number of aromatic hydroxyl groups is 1. The third kappa shape index (κ3) is 5.32. The van der Waals surface area contributed by atoms with Gasteiger partial charge in [-0.1, -0.05) is 36.4 Å². The highest BCUT2D eigenvalue weighted by Crippen LogP contribution is 2.39. The number of fused-ring (bicyclic) bond motifs is 1. The van der Waals surface area contributed by atoms with E-state index in [0.29, 0.717) is 5.56 Å². The number of rotatable bonds is 5. The molecular weight excluding hydrogens is 613 g/mol. The Morgan fingerprint density at radius 2 is 1.91 bits per heavy atom. The van der Waals surface area contributed by atoms with Crippen LogP contribution in [0.1, 0.15) is 12.5 Å². The Hall–Kier alpha value is -4.07. The Kier molecular flexibility index (Phi) is 7.69. The standard InChI is InChI=1S/C29H26ClFN5O5SSi/c1-5-22(38)34-12-13-35(29(3,43)15-34)26-17-14-18(30)24(23-19(31)9-7-10-20(23)37)32-27(17)36(28(39)33-26)25-16(2)8-6-11-21(25)42(4,40)41/h5-11,14,37H,1,12-13,15H2,2-4H3/t29-/m0/s1. The number of para-hydroxylation sites is 1. The Balaban J connectivity index is 1.89. The van der Waals surface area contributed by atoms with Crippen molar-refractivity contribution >= 4 is 54.4 Å². The van der Waals surface area contributed by atoms with E-state index in [1.807, 2.05) is 0 Å². The molecule has 1 fully saturated rings. The van der Waals surface area contributed by atoms with E-state index in [1.54, 1.807) is 35.8 Å². The maximum absolute atomic E-state index is 15.0. The molecule has 5 rings (SSSR count). The van der Waals surface area contributed by atoms with Crippen LogP contribution < -0.4 is 10.6 Å². The number of hydrogen-bond acceptors (Lipinski definition) is 8. The number of hydrogen-bond donors (Lipinski definition) is 1. The minimum Gasteiger partial charge on any atom is -0.507 e. The summed E-state index contributed by atoms with van der Waals surface area (Å²) in [6.07, 6.45) is 2.24. The first-order chi connectivity index (χ1) is 20.2. The van der Waals surface area contributed by atoms with Crippen LogP contribution in [0, 0.1) is 12.7 Å². The second kappa shape index (κ2) is 10.9. The molecule has 2 aromatic heterocycles. The van der Waals surface area contributed by atoms with Crippen LogP contribution in [0.25, 0.3) is 28.0 Å². The summed E-state index contributed by atoms with van der Waals surface area (Å²) in [6, 6.07) is 9.73. The fourth-order valence-electron chi connectivity index (χ4n) is 5.31. The molecule has 3 heterocycles. The van der Waals surface area contributed by atoms with Gasteiger partial charge in [0.2, 0.25) is 5.91 Å². The van der Waals surface area contributed by atoms with Gasteiger partial charge in [0.1, 0.15) is 17.4 Å². The molecule has 1 saturated heterocycles. The zero-order chi connectivity index (χ0) is 31.4. The van der Waals surface area contributed by atoms with Crippen molar-refractivity contribution in [1.29, 1.82) is 0 Å². The van der Waals surface area contributed by atoms with E-state index in [-0.39, 0.29) is 69.3 Å². The quantitative estimate of drug-likeness (QED) is 0.261. The highest BCUT2D eigenvalue weighted by molar-refractivity contribution is 7.90. The second-order valence-electron chi connectivity index (χ2n) is 10.5. The lowest BCUT2D eigenvalue weighted by Gasteiger charge is -2.47. The average molecular weight is 639 g/mol. The Morgan fingerprint density at radius 3 is 2.53 bits per heavy atom. The number of pyridine rings is 1. The van der Waals surface area contributed by atoms with E-state index in [4.69, 9.17) is 11.6 Å². The van der Waals surface area contributed by atoms with Gasteiger partial charge in [-0.05, 0) is 49.8 Å². The summed E-state index contributed by atoms with van der Waals surface area (Å²) in [7, 11) is -0.0992. The number of carbonyl (C=O) groups is 1. The largest absolute Gasteiger partial charge is 0.507 e. The van der Waals surface area contributed by atoms with Crippen LogP contribution in [0.15, 0.2) is 64.8 Å². The maximum Gasteiger partial charge on any atom is 0.355 e. The fourth-order valence-corrected chi connectivity index (χ4v) is 6.90. The zero-order valence-corrected chi connectivity index (χ0v) is 26.0. The highest BCUT2D eigenvalue weighted by atomic mass is 35.5. The predicted octanol–water partition coefficient (Wildman–Crippen LogP) is 3.38. The van der Waals surface area contributed by atoms with Gasteiger partial charge in [-0.2, -0.15) is 4.98 Å². The summed E-state index contributed by atoms with van der Waals surface area (Å²) < 4.78 is 41.8. The molecule has 0 bridgehead atoms. The molecule has 0 unspecified atom stereocenters. The molecule has 0 aliphatic carbocycles. The van der Waals surface area contributed by atoms with Crippen molar-refractivity contribution < 1.29 is 22.7 Å². The number of halogens is 2. The number of amides is 1. The van der Waals surface area contributed by atoms with E-state index in [2.05, 4.69) is 26.8 Å². The van der Waals surface area contributed by atoms with Crippen molar-refractivity contribution in [3.63, 3.8) is 0 Å². The molecule has 2 aromatic carbocycles. The smallest absolute Gasteiger partial charge is 0.355 e. The molecular formula is C29H26ClFN5O5SSi. The van der Waals surface area contributed by atoms with Crippen molar-refractivity contribution in [3.05, 3.63) is 82.0 Å². The van der Waals surface area contributed by atoms with Gasteiger partial charge in [0.05, 0.1) is 42.5 Å². The molecule has 0 spiro atoms. The number of anilines is 1. The van der Waals surface area contributed by atoms with Crippen LogP contribution in [0.2, 0.25) is 5.02 Å². The van der Waals surface area contributed by atoms with Gasteiger partial charge in [-0.15, -0.1) is 0 Å². The van der Waals surface area contributed by atoms with Gasteiger partial charge < -0.3 is 14.9 Å². The second-order valence-corrected chi connectivity index (χ2v) is 13.9. The van der Waals surface area contributed by atoms with Crippen LogP contribution in [0.3, 0.4) is 0 Å². The predicted molar refractivity (Wildman–Crippen MR) is 163 cm³/mol. The van der Waals surface area contributed by atoms with E-state index >= 15 is 4.39 Å². The van der Waals surface area contributed by atoms with Gasteiger partial charge in [-0.3, -0.25) is 4.79 Å². The molecule has 1 amide bonds. The minimum atomic E-state index is -3.84. The molecule has 1 aliphatic rings. The Labute approximate surface area is 255 Å². The van der Waals surface area contributed by atoms with E-state index in [9.17, 15) is 23.1 Å². The molecule has 1 atom stereocenters. The first kappa shape index (κ1) is 30.4. The fraction of sp³-hybridized carbons (Fsp3) is 0.241. The molecule has 3 radical (unpaired) electrons. The topological polar surface area (TPSA) is 126 Å². The number of aromatic nitrogens is 3. The maximum atomic E-state index is 15.0. The highest BCUT2D eigenvalue weighted by Gasteiger charge is 2.38. The van der Waals surface area contributed by atoms with Gasteiger partial charge in [-0.25, -0.2) is 27.2 Å². The first-order valence-electron chi connectivity index (χ1n) is 13.0.